The molecule has 0 amide bonds. The van der Waals surface area contributed by atoms with E-state index in [2.05, 4.69) is 33.6 Å². The van der Waals surface area contributed by atoms with Crippen molar-refractivity contribution in [1.29, 1.82) is 0 Å². The van der Waals surface area contributed by atoms with E-state index in [9.17, 15) is 0 Å². The highest BCUT2D eigenvalue weighted by Crippen LogP contribution is 2.24. The molecule has 0 atom stereocenters. The third-order valence-corrected chi connectivity index (χ3v) is 4.71. The molecule has 0 saturated heterocycles. The van der Waals surface area contributed by atoms with Crippen LogP contribution in [0.1, 0.15) is 11.1 Å². The van der Waals surface area contributed by atoms with E-state index in [0.29, 0.717) is 0 Å². The fourth-order valence-corrected chi connectivity index (χ4v) is 3.26. The standard InChI is InChI=1S/C20H17N5S/c1-15-12-18(25-11-5-10-22-25)9-8-17(15)13-21-24-20-23-19(14-26-20)16-6-3-2-4-7-16/h2-14H,1H3,(H,23,24). The van der Waals surface area contributed by atoms with Crippen LogP contribution in [0, 0.1) is 6.92 Å². The first-order chi connectivity index (χ1) is 12.8. The van der Waals surface area contributed by atoms with Crippen molar-refractivity contribution in [2.45, 2.75) is 6.92 Å². The Hall–Kier alpha value is -3.25. The Morgan fingerprint density at radius 3 is 2.77 bits per heavy atom. The van der Waals surface area contributed by atoms with Crippen LogP contribution in [-0.2, 0) is 0 Å². The second-order valence-electron chi connectivity index (χ2n) is 5.77. The topological polar surface area (TPSA) is 55.1 Å². The summed E-state index contributed by atoms with van der Waals surface area (Å²) in [6.07, 6.45) is 5.51. The summed E-state index contributed by atoms with van der Waals surface area (Å²) < 4.78 is 1.84. The molecule has 2 heterocycles. The molecule has 0 aliphatic rings. The zero-order valence-corrected chi connectivity index (χ0v) is 15.0. The van der Waals surface area contributed by atoms with Crippen molar-refractivity contribution in [2.75, 3.05) is 5.43 Å². The summed E-state index contributed by atoms with van der Waals surface area (Å²) in [6.45, 7) is 2.06. The van der Waals surface area contributed by atoms with Gasteiger partial charge in [0.2, 0.25) is 5.13 Å². The van der Waals surface area contributed by atoms with Gasteiger partial charge in [-0.2, -0.15) is 10.2 Å². The maximum absolute atomic E-state index is 4.56. The van der Waals surface area contributed by atoms with E-state index >= 15 is 0 Å². The third kappa shape index (κ3) is 3.55. The van der Waals surface area contributed by atoms with E-state index in [-0.39, 0.29) is 0 Å². The number of anilines is 1. The predicted octanol–water partition coefficient (Wildman–Crippen LogP) is 4.75. The number of nitrogens with one attached hydrogen (secondary N) is 1. The molecule has 0 aliphatic carbocycles. The Morgan fingerprint density at radius 1 is 1.12 bits per heavy atom. The lowest BCUT2D eigenvalue weighted by Gasteiger charge is -2.05. The van der Waals surface area contributed by atoms with Gasteiger partial charge in [-0.3, -0.25) is 5.43 Å². The van der Waals surface area contributed by atoms with Gasteiger partial charge in [-0.25, -0.2) is 9.67 Å². The number of aromatic nitrogens is 3. The maximum Gasteiger partial charge on any atom is 0.203 e. The molecule has 2 aromatic heterocycles. The Balaban J connectivity index is 1.45. The monoisotopic (exact) mass is 359 g/mol. The summed E-state index contributed by atoms with van der Waals surface area (Å²) in [6, 6.07) is 18.2. The van der Waals surface area contributed by atoms with Crippen LogP contribution in [0.25, 0.3) is 16.9 Å². The lowest BCUT2D eigenvalue weighted by atomic mass is 10.1. The zero-order chi connectivity index (χ0) is 17.8. The molecular formula is C20H17N5S. The van der Waals surface area contributed by atoms with Gasteiger partial charge in [0.25, 0.3) is 0 Å². The molecule has 0 unspecified atom stereocenters. The average Bonchev–Trinajstić information content (AvgIpc) is 3.36. The van der Waals surface area contributed by atoms with Crippen LogP contribution in [0.5, 0.6) is 0 Å². The van der Waals surface area contributed by atoms with Gasteiger partial charge >= 0.3 is 0 Å². The first-order valence-electron chi connectivity index (χ1n) is 8.20. The Kier molecular flexibility index (Phi) is 4.57. The molecule has 0 fully saturated rings. The maximum atomic E-state index is 4.56. The van der Waals surface area contributed by atoms with Gasteiger partial charge in [0.1, 0.15) is 0 Å². The van der Waals surface area contributed by atoms with E-state index in [1.54, 1.807) is 6.20 Å². The van der Waals surface area contributed by atoms with Gasteiger partial charge in [0.15, 0.2) is 0 Å². The molecule has 0 spiro atoms. The number of nitrogens with zero attached hydrogens (tertiary/aromatic N) is 4. The van der Waals surface area contributed by atoms with Crippen molar-refractivity contribution in [2.24, 2.45) is 5.10 Å². The van der Waals surface area contributed by atoms with Crippen molar-refractivity contribution in [3.05, 3.63) is 83.5 Å². The van der Waals surface area contributed by atoms with Gasteiger partial charge in [0.05, 0.1) is 17.6 Å². The number of hydrogen-bond donors (Lipinski definition) is 1. The lowest BCUT2D eigenvalue weighted by Crippen LogP contribution is -1.97. The van der Waals surface area contributed by atoms with E-state index in [1.165, 1.54) is 11.3 Å². The van der Waals surface area contributed by atoms with Crippen LogP contribution in [0.2, 0.25) is 0 Å². The summed E-state index contributed by atoms with van der Waals surface area (Å²) in [5.74, 6) is 0. The lowest BCUT2D eigenvalue weighted by molar-refractivity contribution is 0.879. The van der Waals surface area contributed by atoms with Gasteiger partial charge in [-0.15, -0.1) is 11.3 Å². The number of hydrazone groups is 1. The number of rotatable bonds is 5. The summed E-state index contributed by atoms with van der Waals surface area (Å²) in [7, 11) is 0. The molecule has 0 aliphatic heterocycles. The molecule has 4 rings (SSSR count). The highest BCUT2D eigenvalue weighted by molar-refractivity contribution is 7.14. The first-order valence-corrected chi connectivity index (χ1v) is 9.08. The molecule has 4 aromatic rings. The van der Waals surface area contributed by atoms with Crippen LogP contribution in [0.4, 0.5) is 5.13 Å². The highest BCUT2D eigenvalue weighted by Gasteiger charge is 2.03. The fourth-order valence-electron chi connectivity index (χ4n) is 2.59. The van der Waals surface area contributed by atoms with Gasteiger partial charge in [-0.05, 0) is 36.2 Å². The molecule has 0 bridgehead atoms. The Morgan fingerprint density at radius 2 is 2.00 bits per heavy atom. The molecular weight excluding hydrogens is 342 g/mol. The summed E-state index contributed by atoms with van der Waals surface area (Å²) in [5.41, 5.74) is 8.28. The van der Waals surface area contributed by atoms with E-state index in [0.717, 1.165) is 33.2 Å². The van der Waals surface area contributed by atoms with E-state index in [4.69, 9.17) is 0 Å². The van der Waals surface area contributed by atoms with Gasteiger partial charge < -0.3 is 0 Å². The summed E-state index contributed by atoms with van der Waals surface area (Å²) in [5, 5.41) is 11.4. The second kappa shape index (κ2) is 7.33. The molecule has 6 heteroatoms. The normalized spacial score (nSPS) is 11.1. The summed E-state index contributed by atoms with van der Waals surface area (Å²) in [4.78, 5) is 4.56. The molecule has 26 heavy (non-hydrogen) atoms. The number of aryl methyl sites for hydroxylation is 1. The predicted molar refractivity (Wildman–Crippen MR) is 107 cm³/mol. The molecule has 0 radical (unpaired) electrons. The van der Waals surface area contributed by atoms with Crippen LogP contribution in [0.15, 0.2) is 77.5 Å². The first kappa shape index (κ1) is 16.2. The number of hydrogen-bond acceptors (Lipinski definition) is 5. The quantitative estimate of drug-likeness (QED) is 0.413. The van der Waals surface area contributed by atoms with Crippen LogP contribution < -0.4 is 5.43 Å². The minimum Gasteiger partial charge on any atom is -0.253 e. The van der Waals surface area contributed by atoms with Gasteiger partial charge in [-0.1, -0.05) is 36.4 Å². The van der Waals surface area contributed by atoms with Crippen LogP contribution in [0.3, 0.4) is 0 Å². The van der Waals surface area contributed by atoms with Crippen molar-refractivity contribution in [3.63, 3.8) is 0 Å². The molecule has 5 nitrogen and oxygen atoms in total. The van der Waals surface area contributed by atoms with E-state index in [1.807, 2.05) is 71.0 Å². The SMILES string of the molecule is Cc1cc(-n2cccn2)ccc1C=NNc1nc(-c2ccccc2)cs1. The van der Waals surface area contributed by atoms with Crippen LogP contribution >= 0.6 is 11.3 Å². The van der Waals surface area contributed by atoms with Crippen LogP contribution in [-0.4, -0.2) is 21.0 Å². The third-order valence-electron chi connectivity index (χ3n) is 3.96. The summed E-state index contributed by atoms with van der Waals surface area (Å²) >= 11 is 1.54. The zero-order valence-electron chi connectivity index (χ0n) is 14.2. The van der Waals surface area contributed by atoms with E-state index < -0.39 is 0 Å². The van der Waals surface area contributed by atoms with Crippen molar-refractivity contribution in [1.82, 2.24) is 14.8 Å². The second-order valence-corrected chi connectivity index (χ2v) is 6.62. The van der Waals surface area contributed by atoms with Gasteiger partial charge in [0, 0.05) is 23.3 Å². The van der Waals surface area contributed by atoms with Crippen molar-refractivity contribution < 1.29 is 0 Å². The number of thiazole rings is 1. The minimum atomic E-state index is 0.769. The Bertz CT molecular complexity index is 1020. The molecule has 128 valence electrons. The fraction of sp³-hybridized carbons (Fsp3) is 0.0500. The highest BCUT2D eigenvalue weighted by atomic mass is 32.1. The molecule has 2 aromatic carbocycles. The molecule has 1 N–H and O–H groups in total. The molecule has 0 saturated carbocycles. The van der Waals surface area contributed by atoms with Crippen molar-refractivity contribution >= 4 is 22.7 Å². The largest absolute Gasteiger partial charge is 0.253 e. The smallest absolute Gasteiger partial charge is 0.203 e. The number of benzene rings is 2. The minimum absolute atomic E-state index is 0.769. The average molecular weight is 359 g/mol. The Labute approximate surface area is 155 Å². The van der Waals surface area contributed by atoms with Crippen molar-refractivity contribution in [3.8, 4) is 16.9 Å².